The molecule has 2 aromatic heterocycles. The van der Waals surface area contributed by atoms with Crippen LogP contribution in [0.3, 0.4) is 0 Å². The Labute approximate surface area is 119 Å². The number of amides is 1. The largest absolute Gasteiger partial charge is 0.480 e. The molecule has 0 saturated heterocycles. The van der Waals surface area contributed by atoms with Gasteiger partial charge in [0.1, 0.15) is 11.9 Å². The number of aromatic nitrogens is 3. The first-order valence-electron chi connectivity index (χ1n) is 5.67. The molecule has 2 rings (SSSR count). The zero-order chi connectivity index (χ0) is 14.7. The van der Waals surface area contributed by atoms with Gasteiger partial charge in [-0.15, -0.1) is 0 Å². The Balaban J connectivity index is 2.10. The van der Waals surface area contributed by atoms with Crippen LogP contribution in [0, 0.1) is 0 Å². The van der Waals surface area contributed by atoms with E-state index in [1.165, 1.54) is 30.2 Å². The number of pyridine rings is 1. The minimum atomic E-state index is -1.03. The summed E-state index contributed by atoms with van der Waals surface area (Å²) in [5.74, 6) is -1.11. The highest BCUT2D eigenvalue weighted by atomic mass is 35.5. The number of nitrogens with one attached hydrogen (secondary N) is 1. The fourth-order valence-electron chi connectivity index (χ4n) is 1.42. The Bertz CT molecular complexity index is 638. The fourth-order valence-corrected chi connectivity index (χ4v) is 1.53. The summed E-state index contributed by atoms with van der Waals surface area (Å²) < 4.78 is 1.20. The Hall–Kier alpha value is -2.41. The molecule has 1 amide bonds. The van der Waals surface area contributed by atoms with E-state index in [9.17, 15) is 9.59 Å². The second-order valence-corrected chi connectivity index (χ2v) is 4.48. The van der Waals surface area contributed by atoms with Crippen LogP contribution in [-0.2, 0) is 4.79 Å². The van der Waals surface area contributed by atoms with E-state index in [1.54, 1.807) is 12.1 Å². The van der Waals surface area contributed by atoms with Gasteiger partial charge in [0.25, 0.3) is 5.91 Å². The predicted molar refractivity (Wildman–Crippen MR) is 71.8 cm³/mol. The normalized spacial score (nSPS) is 11.9. The van der Waals surface area contributed by atoms with Gasteiger partial charge < -0.3 is 10.4 Å². The summed E-state index contributed by atoms with van der Waals surface area (Å²) in [4.78, 5) is 26.7. The molecular weight excluding hydrogens is 284 g/mol. The molecule has 8 heteroatoms. The number of carboxylic acids is 1. The third kappa shape index (κ3) is 3.12. The third-order valence-electron chi connectivity index (χ3n) is 2.59. The highest BCUT2D eigenvalue weighted by molar-refractivity contribution is 6.30. The highest BCUT2D eigenvalue weighted by Crippen LogP contribution is 2.12. The van der Waals surface area contributed by atoms with Crippen molar-refractivity contribution in [2.45, 2.75) is 13.0 Å². The molecule has 0 aliphatic carbocycles. The van der Waals surface area contributed by atoms with Gasteiger partial charge in [-0.05, 0) is 19.1 Å². The Morgan fingerprint density at radius 1 is 1.40 bits per heavy atom. The summed E-state index contributed by atoms with van der Waals surface area (Å²) in [7, 11) is 0. The number of carboxylic acid groups (broad SMARTS) is 1. The van der Waals surface area contributed by atoms with E-state index >= 15 is 0 Å². The number of carbonyl (C=O) groups is 2. The molecule has 0 aromatic carbocycles. The van der Waals surface area contributed by atoms with Gasteiger partial charge >= 0.3 is 5.97 Å². The molecular formula is C12H11ClN4O3. The van der Waals surface area contributed by atoms with Crippen LogP contribution in [0.4, 0.5) is 5.82 Å². The van der Waals surface area contributed by atoms with E-state index in [0.717, 1.165) is 0 Å². The van der Waals surface area contributed by atoms with Gasteiger partial charge in [-0.1, -0.05) is 11.6 Å². The van der Waals surface area contributed by atoms with Crippen LogP contribution in [0.2, 0.25) is 5.02 Å². The van der Waals surface area contributed by atoms with Gasteiger partial charge in [-0.25, -0.2) is 9.78 Å². The van der Waals surface area contributed by atoms with Crippen LogP contribution >= 0.6 is 11.6 Å². The monoisotopic (exact) mass is 294 g/mol. The van der Waals surface area contributed by atoms with Crippen LogP contribution in [0.1, 0.15) is 23.3 Å². The maximum atomic E-state index is 11.9. The number of nitrogens with zero attached hydrogens (tertiary/aromatic N) is 3. The van der Waals surface area contributed by atoms with Crippen molar-refractivity contribution in [2.24, 2.45) is 0 Å². The molecule has 0 radical (unpaired) electrons. The summed E-state index contributed by atoms with van der Waals surface area (Å²) in [5.41, 5.74) is 0.245. The quantitative estimate of drug-likeness (QED) is 0.896. The standard InChI is InChI=1S/C12H11ClN4O3/c1-7(12(19)20)17-6-8(4-15-17)11(18)16-10-3-2-9(13)5-14-10/h2-7H,1H3,(H,19,20)(H,14,16,18). The zero-order valence-corrected chi connectivity index (χ0v) is 11.2. The first kappa shape index (κ1) is 14.0. The van der Waals surface area contributed by atoms with Crippen LogP contribution in [-0.4, -0.2) is 31.7 Å². The molecule has 0 aliphatic heterocycles. The summed E-state index contributed by atoms with van der Waals surface area (Å²) in [6.45, 7) is 1.47. The maximum Gasteiger partial charge on any atom is 0.328 e. The number of anilines is 1. The van der Waals surface area contributed by atoms with E-state index in [-0.39, 0.29) is 5.56 Å². The molecule has 1 atom stereocenters. The first-order chi connectivity index (χ1) is 9.47. The van der Waals surface area contributed by atoms with Crippen molar-refractivity contribution in [1.82, 2.24) is 14.8 Å². The maximum absolute atomic E-state index is 11.9. The van der Waals surface area contributed by atoms with Gasteiger partial charge in [0.05, 0.1) is 16.8 Å². The predicted octanol–water partition coefficient (Wildman–Crippen LogP) is 1.83. The molecule has 0 spiro atoms. The second-order valence-electron chi connectivity index (χ2n) is 4.04. The van der Waals surface area contributed by atoms with Crippen LogP contribution in [0.15, 0.2) is 30.7 Å². The zero-order valence-electron chi connectivity index (χ0n) is 10.4. The van der Waals surface area contributed by atoms with E-state index in [0.29, 0.717) is 10.8 Å². The average Bonchev–Trinajstić information content (AvgIpc) is 2.90. The van der Waals surface area contributed by atoms with Gasteiger partial charge in [0.2, 0.25) is 0 Å². The topological polar surface area (TPSA) is 97.1 Å². The molecule has 1 unspecified atom stereocenters. The smallest absolute Gasteiger partial charge is 0.328 e. The van der Waals surface area contributed by atoms with Gasteiger partial charge in [-0.2, -0.15) is 5.10 Å². The first-order valence-corrected chi connectivity index (χ1v) is 6.05. The third-order valence-corrected chi connectivity index (χ3v) is 2.81. The molecule has 0 fully saturated rings. The van der Waals surface area contributed by atoms with Crippen LogP contribution < -0.4 is 5.32 Å². The molecule has 20 heavy (non-hydrogen) atoms. The minimum absolute atomic E-state index is 0.245. The molecule has 0 aliphatic rings. The molecule has 7 nitrogen and oxygen atoms in total. The summed E-state index contributed by atoms with van der Waals surface area (Å²) in [6, 6.07) is 2.31. The van der Waals surface area contributed by atoms with E-state index in [1.807, 2.05) is 0 Å². The van der Waals surface area contributed by atoms with Crippen molar-refractivity contribution in [2.75, 3.05) is 5.32 Å². The average molecular weight is 295 g/mol. The van der Waals surface area contributed by atoms with E-state index in [2.05, 4.69) is 15.4 Å². The Morgan fingerprint density at radius 3 is 2.75 bits per heavy atom. The van der Waals surface area contributed by atoms with Crippen LogP contribution in [0.25, 0.3) is 0 Å². The number of halogens is 1. The van der Waals surface area contributed by atoms with Gasteiger partial charge in [0, 0.05) is 12.4 Å². The Morgan fingerprint density at radius 2 is 2.15 bits per heavy atom. The van der Waals surface area contributed by atoms with Crippen molar-refractivity contribution < 1.29 is 14.7 Å². The lowest BCUT2D eigenvalue weighted by atomic mass is 10.3. The summed E-state index contributed by atoms with van der Waals surface area (Å²) in [6.07, 6.45) is 4.07. The van der Waals surface area contributed by atoms with Gasteiger partial charge in [-0.3, -0.25) is 9.48 Å². The van der Waals surface area contributed by atoms with Crippen molar-refractivity contribution in [1.29, 1.82) is 0 Å². The second kappa shape index (κ2) is 5.70. The molecule has 0 saturated carbocycles. The molecule has 2 N–H and O–H groups in total. The molecule has 2 aromatic rings. The Kier molecular flexibility index (Phi) is 3.99. The van der Waals surface area contributed by atoms with Gasteiger partial charge in [0.15, 0.2) is 0 Å². The SMILES string of the molecule is CC(C(=O)O)n1cc(C(=O)Nc2ccc(Cl)cn2)cn1. The summed E-state index contributed by atoms with van der Waals surface area (Å²) in [5, 5.41) is 15.7. The number of hydrogen-bond acceptors (Lipinski definition) is 4. The lowest BCUT2D eigenvalue weighted by Crippen LogP contribution is -2.16. The number of hydrogen-bond donors (Lipinski definition) is 2. The number of aliphatic carboxylic acids is 1. The highest BCUT2D eigenvalue weighted by Gasteiger charge is 2.16. The molecule has 0 bridgehead atoms. The summed E-state index contributed by atoms with van der Waals surface area (Å²) >= 11 is 5.69. The van der Waals surface area contributed by atoms with E-state index < -0.39 is 17.9 Å². The fraction of sp³-hybridized carbons (Fsp3) is 0.167. The van der Waals surface area contributed by atoms with Crippen molar-refractivity contribution >= 4 is 29.3 Å². The molecule has 104 valence electrons. The lowest BCUT2D eigenvalue weighted by molar-refractivity contribution is -0.140. The number of carbonyl (C=O) groups excluding carboxylic acids is 1. The van der Waals surface area contributed by atoms with Crippen molar-refractivity contribution in [3.63, 3.8) is 0 Å². The van der Waals surface area contributed by atoms with E-state index in [4.69, 9.17) is 16.7 Å². The van der Waals surface area contributed by atoms with Crippen molar-refractivity contribution in [3.05, 3.63) is 41.3 Å². The molecule has 2 heterocycles. The number of rotatable bonds is 4. The van der Waals surface area contributed by atoms with Crippen LogP contribution in [0.5, 0.6) is 0 Å². The minimum Gasteiger partial charge on any atom is -0.480 e. The van der Waals surface area contributed by atoms with Crippen molar-refractivity contribution in [3.8, 4) is 0 Å². The lowest BCUT2D eigenvalue weighted by Gasteiger charge is -2.05.